The number of para-hydroxylation sites is 1. The number of nitrogens with zero attached hydrogens (tertiary/aromatic N) is 1. The van der Waals surface area contributed by atoms with Crippen molar-refractivity contribution in [1.82, 2.24) is 10.4 Å². The van der Waals surface area contributed by atoms with E-state index in [1.807, 2.05) is 30.3 Å². The van der Waals surface area contributed by atoms with Gasteiger partial charge in [0.05, 0.1) is 11.6 Å². The summed E-state index contributed by atoms with van der Waals surface area (Å²) in [6.45, 7) is 0. The second kappa shape index (κ2) is 5.55. The molecule has 3 aromatic rings. The highest BCUT2D eigenvalue weighted by Crippen LogP contribution is 2.24. The number of fused-ring (bicyclic) bond motifs is 1. The molecule has 3 nitrogen and oxygen atoms in total. The third-order valence-electron chi connectivity index (χ3n) is 3.39. The van der Waals surface area contributed by atoms with Gasteiger partial charge in [-0.05, 0) is 35.4 Å². The van der Waals surface area contributed by atoms with Gasteiger partial charge < -0.3 is 0 Å². The molecular formula is C16H13F2N3. The molecule has 3 rings (SSSR count). The first-order valence-corrected chi connectivity index (χ1v) is 6.45. The van der Waals surface area contributed by atoms with Gasteiger partial charge in [0.15, 0.2) is 11.6 Å². The third-order valence-corrected chi connectivity index (χ3v) is 3.39. The number of pyridine rings is 1. The summed E-state index contributed by atoms with van der Waals surface area (Å²) in [6.07, 6.45) is 1.67. The Morgan fingerprint density at radius 3 is 2.52 bits per heavy atom. The average molecular weight is 285 g/mol. The van der Waals surface area contributed by atoms with Crippen LogP contribution in [-0.4, -0.2) is 4.98 Å². The number of hydrazine groups is 1. The van der Waals surface area contributed by atoms with E-state index in [2.05, 4.69) is 10.4 Å². The molecule has 0 amide bonds. The molecule has 0 bridgehead atoms. The van der Waals surface area contributed by atoms with Gasteiger partial charge in [0, 0.05) is 11.6 Å². The van der Waals surface area contributed by atoms with Gasteiger partial charge in [0.1, 0.15) is 0 Å². The fraction of sp³-hybridized carbons (Fsp3) is 0.0625. The summed E-state index contributed by atoms with van der Waals surface area (Å²) in [7, 11) is 0. The lowest BCUT2D eigenvalue weighted by Crippen LogP contribution is -2.29. The maximum absolute atomic E-state index is 13.4. The van der Waals surface area contributed by atoms with Crippen LogP contribution in [0.2, 0.25) is 0 Å². The first-order valence-electron chi connectivity index (χ1n) is 6.45. The second-order valence-electron chi connectivity index (χ2n) is 4.73. The fourth-order valence-electron chi connectivity index (χ4n) is 2.32. The van der Waals surface area contributed by atoms with Crippen molar-refractivity contribution in [3.63, 3.8) is 0 Å². The van der Waals surface area contributed by atoms with E-state index in [0.717, 1.165) is 28.6 Å². The molecule has 2 aromatic carbocycles. The van der Waals surface area contributed by atoms with E-state index in [-0.39, 0.29) is 0 Å². The maximum atomic E-state index is 13.4. The minimum Gasteiger partial charge on any atom is -0.271 e. The molecule has 0 aliphatic carbocycles. The molecule has 0 saturated heterocycles. The van der Waals surface area contributed by atoms with Crippen LogP contribution in [0.4, 0.5) is 8.78 Å². The summed E-state index contributed by atoms with van der Waals surface area (Å²) < 4.78 is 26.4. The predicted molar refractivity (Wildman–Crippen MR) is 77.3 cm³/mol. The van der Waals surface area contributed by atoms with Crippen LogP contribution in [0.15, 0.2) is 54.7 Å². The number of nitrogens with one attached hydrogen (secondary N) is 1. The number of halogens is 2. The maximum Gasteiger partial charge on any atom is 0.159 e. The Bertz CT molecular complexity index is 789. The summed E-state index contributed by atoms with van der Waals surface area (Å²) >= 11 is 0. The van der Waals surface area contributed by atoms with Gasteiger partial charge in [-0.2, -0.15) is 0 Å². The van der Waals surface area contributed by atoms with Gasteiger partial charge >= 0.3 is 0 Å². The molecule has 106 valence electrons. The van der Waals surface area contributed by atoms with Crippen molar-refractivity contribution in [3.8, 4) is 0 Å². The lowest BCUT2D eigenvalue weighted by atomic mass is 9.99. The molecule has 1 unspecified atom stereocenters. The zero-order valence-electron chi connectivity index (χ0n) is 11.1. The van der Waals surface area contributed by atoms with Crippen molar-refractivity contribution < 1.29 is 8.78 Å². The summed E-state index contributed by atoms with van der Waals surface area (Å²) in [4.78, 5) is 4.35. The van der Waals surface area contributed by atoms with Gasteiger partial charge in [0.25, 0.3) is 0 Å². The van der Waals surface area contributed by atoms with Crippen LogP contribution in [-0.2, 0) is 0 Å². The lowest BCUT2D eigenvalue weighted by Gasteiger charge is -2.17. The van der Waals surface area contributed by atoms with Crippen LogP contribution in [0.1, 0.15) is 17.2 Å². The van der Waals surface area contributed by atoms with Crippen molar-refractivity contribution in [2.75, 3.05) is 0 Å². The van der Waals surface area contributed by atoms with Gasteiger partial charge in [-0.3, -0.25) is 10.8 Å². The SMILES string of the molecule is NNC(c1ccc(F)c(F)c1)c1cnc2ccccc2c1. The van der Waals surface area contributed by atoms with E-state index in [4.69, 9.17) is 5.84 Å². The minimum absolute atomic E-state index is 0.461. The third kappa shape index (κ3) is 2.61. The van der Waals surface area contributed by atoms with E-state index in [1.165, 1.54) is 6.07 Å². The lowest BCUT2D eigenvalue weighted by molar-refractivity contribution is 0.504. The van der Waals surface area contributed by atoms with Crippen LogP contribution in [0.5, 0.6) is 0 Å². The van der Waals surface area contributed by atoms with E-state index in [0.29, 0.717) is 5.56 Å². The summed E-state index contributed by atoms with van der Waals surface area (Å²) in [5.74, 6) is 3.79. The molecule has 1 heterocycles. The van der Waals surface area contributed by atoms with Gasteiger partial charge in [0.2, 0.25) is 0 Å². The summed E-state index contributed by atoms with van der Waals surface area (Å²) in [6, 6.07) is 12.8. The molecule has 5 heteroatoms. The Morgan fingerprint density at radius 1 is 0.952 bits per heavy atom. The quantitative estimate of drug-likeness (QED) is 0.574. The second-order valence-corrected chi connectivity index (χ2v) is 4.73. The standard InChI is InChI=1S/C16H13F2N3/c17-13-6-5-11(8-14(13)18)16(21-19)12-7-10-3-1-2-4-15(10)20-9-12/h1-9,16,21H,19H2. The van der Waals surface area contributed by atoms with Crippen molar-refractivity contribution in [3.05, 3.63) is 77.5 Å². The zero-order chi connectivity index (χ0) is 14.8. The summed E-state index contributed by atoms with van der Waals surface area (Å²) in [5.41, 5.74) is 4.80. The Labute approximate surface area is 120 Å². The highest BCUT2D eigenvalue weighted by atomic mass is 19.2. The Balaban J connectivity index is 2.06. The number of hydrogen-bond acceptors (Lipinski definition) is 3. The van der Waals surface area contributed by atoms with Crippen molar-refractivity contribution in [2.45, 2.75) is 6.04 Å². The molecule has 0 aliphatic rings. The molecule has 0 saturated carbocycles. The van der Waals surface area contributed by atoms with Gasteiger partial charge in [-0.1, -0.05) is 24.3 Å². The Morgan fingerprint density at radius 2 is 1.76 bits per heavy atom. The first-order chi connectivity index (χ1) is 10.2. The fourth-order valence-corrected chi connectivity index (χ4v) is 2.32. The molecule has 0 fully saturated rings. The van der Waals surface area contributed by atoms with Crippen molar-refractivity contribution in [2.24, 2.45) is 5.84 Å². The number of rotatable bonds is 3. The normalized spacial score (nSPS) is 12.5. The van der Waals surface area contributed by atoms with E-state index >= 15 is 0 Å². The number of benzene rings is 2. The Hall–Kier alpha value is -2.37. The smallest absolute Gasteiger partial charge is 0.159 e. The minimum atomic E-state index is -0.901. The molecule has 1 atom stereocenters. The number of aromatic nitrogens is 1. The molecule has 21 heavy (non-hydrogen) atoms. The number of nitrogens with two attached hydrogens (primary N) is 1. The van der Waals surface area contributed by atoms with Gasteiger partial charge in [-0.15, -0.1) is 0 Å². The highest BCUT2D eigenvalue weighted by Gasteiger charge is 2.15. The van der Waals surface area contributed by atoms with E-state index in [1.54, 1.807) is 6.20 Å². The average Bonchev–Trinajstić information content (AvgIpc) is 2.51. The molecule has 1 aromatic heterocycles. The van der Waals surface area contributed by atoms with Crippen molar-refractivity contribution >= 4 is 10.9 Å². The molecule has 0 aliphatic heterocycles. The molecular weight excluding hydrogens is 272 g/mol. The van der Waals surface area contributed by atoms with Crippen LogP contribution in [0.3, 0.4) is 0 Å². The predicted octanol–water partition coefficient (Wildman–Crippen LogP) is 3.07. The Kier molecular flexibility index (Phi) is 3.60. The monoisotopic (exact) mass is 285 g/mol. The summed E-state index contributed by atoms with van der Waals surface area (Å²) in [5, 5.41) is 0.956. The molecule has 0 spiro atoms. The highest BCUT2D eigenvalue weighted by molar-refractivity contribution is 5.78. The largest absolute Gasteiger partial charge is 0.271 e. The zero-order valence-corrected chi connectivity index (χ0v) is 11.1. The van der Waals surface area contributed by atoms with Gasteiger partial charge in [-0.25, -0.2) is 14.2 Å². The topological polar surface area (TPSA) is 50.9 Å². The van der Waals surface area contributed by atoms with Crippen LogP contribution >= 0.6 is 0 Å². The van der Waals surface area contributed by atoms with Crippen LogP contribution in [0.25, 0.3) is 10.9 Å². The first kappa shape index (κ1) is 13.6. The van der Waals surface area contributed by atoms with E-state index < -0.39 is 17.7 Å². The van der Waals surface area contributed by atoms with Crippen LogP contribution < -0.4 is 11.3 Å². The number of hydrogen-bond donors (Lipinski definition) is 2. The molecule has 3 N–H and O–H groups in total. The van der Waals surface area contributed by atoms with Crippen molar-refractivity contribution in [1.29, 1.82) is 0 Å². The van der Waals surface area contributed by atoms with E-state index in [9.17, 15) is 8.78 Å². The molecule has 0 radical (unpaired) electrons. The van der Waals surface area contributed by atoms with Crippen LogP contribution in [0, 0.1) is 11.6 Å².